The number of hydrogen-bond donors (Lipinski definition) is 1. The fourth-order valence-electron chi connectivity index (χ4n) is 1.89. The van der Waals surface area contributed by atoms with Crippen molar-refractivity contribution in [2.75, 3.05) is 11.9 Å². The summed E-state index contributed by atoms with van der Waals surface area (Å²) in [7, 11) is 1.77. The third-order valence-corrected chi connectivity index (χ3v) is 2.92. The van der Waals surface area contributed by atoms with E-state index in [0.717, 1.165) is 0 Å². The van der Waals surface area contributed by atoms with E-state index in [2.05, 4.69) is 6.07 Å². The smallest absolute Gasteiger partial charge is 0.125 e. The molecule has 0 atom stereocenters. The standard InChI is InChI=1S/C15H13FN2O/c1-18(14-4-2-3-13(16)8-14)15-6-5-11(10-19)7-12(15)9-17/h2-8,19H,10H2,1H3. The van der Waals surface area contributed by atoms with Crippen LogP contribution in [-0.4, -0.2) is 12.2 Å². The van der Waals surface area contributed by atoms with E-state index in [9.17, 15) is 4.39 Å². The van der Waals surface area contributed by atoms with E-state index in [1.54, 1.807) is 42.3 Å². The second-order valence-corrected chi connectivity index (χ2v) is 4.16. The minimum Gasteiger partial charge on any atom is -0.392 e. The number of nitriles is 1. The van der Waals surface area contributed by atoms with Crippen molar-refractivity contribution in [2.45, 2.75) is 6.61 Å². The van der Waals surface area contributed by atoms with Crippen LogP contribution in [0.2, 0.25) is 0 Å². The number of aliphatic hydroxyl groups excluding tert-OH is 1. The summed E-state index contributed by atoms with van der Waals surface area (Å²) < 4.78 is 13.2. The molecule has 3 nitrogen and oxygen atoms in total. The summed E-state index contributed by atoms with van der Waals surface area (Å²) in [5.74, 6) is -0.324. The first-order chi connectivity index (χ1) is 9.15. The monoisotopic (exact) mass is 256 g/mol. The Morgan fingerprint density at radius 2 is 2.05 bits per heavy atom. The minimum absolute atomic E-state index is 0.112. The summed E-state index contributed by atoms with van der Waals surface area (Å²) >= 11 is 0. The first-order valence-corrected chi connectivity index (χ1v) is 5.79. The molecule has 0 unspecified atom stereocenters. The molecule has 19 heavy (non-hydrogen) atoms. The lowest BCUT2D eigenvalue weighted by atomic mass is 10.1. The SMILES string of the molecule is CN(c1cccc(F)c1)c1ccc(CO)cc1C#N. The summed E-state index contributed by atoms with van der Waals surface area (Å²) in [4.78, 5) is 1.74. The normalized spacial score (nSPS) is 10.0. The van der Waals surface area contributed by atoms with Crippen LogP contribution in [0.4, 0.5) is 15.8 Å². The Bertz CT molecular complexity index is 634. The van der Waals surface area contributed by atoms with Crippen molar-refractivity contribution in [1.29, 1.82) is 5.26 Å². The van der Waals surface area contributed by atoms with Crippen LogP contribution in [-0.2, 0) is 6.61 Å². The van der Waals surface area contributed by atoms with Crippen LogP contribution in [0.1, 0.15) is 11.1 Å². The van der Waals surface area contributed by atoms with Crippen molar-refractivity contribution in [3.63, 3.8) is 0 Å². The Labute approximate surface area is 111 Å². The number of aliphatic hydroxyl groups is 1. The van der Waals surface area contributed by atoms with E-state index in [0.29, 0.717) is 22.5 Å². The van der Waals surface area contributed by atoms with Crippen molar-refractivity contribution in [1.82, 2.24) is 0 Å². The highest BCUT2D eigenvalue weighted by atomic mass is 19.1. The van der Waals surface area contributed by atoms with Gasteiger partial charge >= 0.3 is 0 Å². The van der Waals surface area contributed by atoms with Gasteiger partial charge in [0.15, 0.2) is 0 Å². The van der Waals surface area contributed by atoms with E-state index in [4.69, 9.17) is 10.4 Å². The molecule has 0 amide bonds. The van der Waals surface area contributed by atoms with Gasteiger partial charge in [-0.15, -0.1) is 0 Å². The minimum atomic E-state index is -0.324. The Balaban J connectivity index is 2.44. The Kier molecular flexibility index (Phi) is 3.79. The lowest BCUT2D eigenvalue weighted by Gasteiger charge is -2.21. The van der Waals surface area contributed by atoms with Crippen LogP contribution in [0.3, 0.4) is 0 Å². The zero-order valence-corrected chi connectivity index (χ0v) is 10.5. The molecule has 1 N–H and O–H groups in total. The molecule has 0 heterocycles. The number of anilines is 2. The highest BCUT2D eigenvalue weighted by Crippen LogP contribution is 2.27. The highest BCUT2D eigenvalue weighted by Gasteiger charge is 2.10. The highest BCUT2D eigenvalue weighted by molar-refractivity contribution is 5.69. The van der Waals surface area contributed by atoms with Gasteiger partial charge in [0, 0.05) is 12.7 Å². The molecule has 0 bridgehead atoms. The third kappa shape index (κ3) is 2.72. The Hall–Kier alpha value is -2.38. The quantitative estimate of drug-likeness (QED) is 0.918. The number of nitrogens with zero attached hydrogens (tertiary/aromatic N) is 2. The van der Waals surface area contributed by atoms with Gasteiger partial charge in [-0.25, -0.2) is 4.39 Å². The number of halogens is 1. The Morgan fingerprint density at radius 1 is 1.26 bits per heavy atom. The number of hydrogen-bond acceptors (Lipinski definition) is 3. The van der Waals surface area contributed by atoms with Crippen LogP contribution in [0.25, 0.3) is 0 Å². The van der Waals surface area contributed by atoms with Crippen LogP contribution in [0.15, 0.2) is 42.5 Å². The van der Waals surface area contributed by atoms with Gasteiger partial charge in [-0.05, 0) is 35.9 Å². The molecule has 0 aliphatic carbocycles. The topological polar surface area (TPSA) is 47.3 Å². The van der Waals surface area contributed by atoms with Gasteiger partial charge in [-0.3, -0.25) is 0 Å². The van der Waals surface area contributed by atoms with Gasteiger partial charge < -0.3 is 10.0 Å². The first-order valence-electron chi connectivity index (χ1n) is 5.79. The van der Waals surface area contributed by atoms with E-state index < -0.39 is 0 Å². The molecular weight excluding hydrogens is 243 g/mol. The molecule has 2 aromatic rings. The van der Waals surface area contributed by atoms with Crippen LogP contribution >= 0.6 is 0 Å². The van der Waals surface area contributed by atoms with E-state index >= 15 is 0 Å². The van der Waals surface area contributed by atoms with Crippen LogP contribution in [0, 0.1) is 17.1 Å². The van der Waals surface area contributed by atoms with Crippen molar-refractivity contribution < 1.29 is 9.50 Å². The Morgan fingerprint density at radius 3 is 2.68 bits per heavy atom. The van der Waals surface area contributed by atoms with Crippen molar-refractivity contribution in [3.8, 4) is 6.07 Å². The second kappa shape index (κ2) is 5.51. The molecule has 0 saturated heterocycles. The molecule has 0 aliphatic heterocycles. The third-order valence-electron chi connectivity index (χ3n) is 2.92. The fourth-order valence-corrected chi connectivity index (χ4v) is 1.89. The molecule has 4 heteroatoms. The maximum Gasteiger partial charge on any atom is 0.125 e. The summed E-state index contributed by atoms with van der Waals surface area (Å²) in [6.45, 7) is -0.112. The van der Waals surface area contributed by atoms with Gasteiger partial charge in [0.25, 0.3) is 0 Å². The maximum absolute atomic E-state index is 13.2. The molecular formula is C15H13FN2O. The van der Waals surface area contributed by atoms with Crippen molar-refractivity contribution >= 4 is 11.4 Å². The van der Waals surface area contributed by atoms with Crippen molar-refractivity contribution in [2.24, 2.45) is 0 Å². The summed E-state index contributed by atoms with van der Waals surface area (Å²) in [6, 6.07) is 13.4. The van der Waals surface area contributed by atoms with Crippen LogP contribution < -0.4 is 4.90 Å². The lowest BCUT2D eigenvalue weighted by Crippen LogP contribution is -2.11. The molecule has 0 saturated carbocycles. The van der Waals surface area contributed by atoms with E-state index in [1.165, 1.54) is 12.1 Å². The lowest BCUT2D eigenvalue weighted by molar-refractivity contribution is 0.282. The maximum atomic E-state index is 13.2. The molecule has 0 fully saturated rings. The molecule has 2 aromatic carbocycles. The summed E-state index contributed by atoms with van der Waals surface area (Å²) in [6.07, 6.45) is 0. The van der Waals surface area contributed by atoms with Gasteiger partial charge in [-0.1, -0.05) is 12.1 Å². The second-order valence-electron chi connectivity index (χ2n) is 4.16. The van der Waals surface area contributed by atoms with E-state index in [-0.39, 0.29) is 12.4 Å². The molecule has 0 radical (unpaired) electrons. The average molecular weight is 256 g/mol. The van der Waals surface area contributed by atoms with Gasteiger partial charge in [0.1, 0.15) is 11.9 Å². The van der Waals surface area contributed by atoms with E-state index in [1.807, 2.05) is 0 Å². The zero-order chi connectivity index (χ0) is 13.8. The first kappa shape index (κ1) is 13.1. The predicted octanol–water partition coefficient (Wildman–Crippen LogP) is 2.96. The predicted molar refractivity (Wildman–Crippen MR) is 71.5 cm³/mol. The largest absolute Gasteiger partial charge is 0.392 e. The summed E-state index contributed by atoms with van der Waals surface area (Å²) in [5.41, 5.74) is 2.45. The molecule has 0 aliphatic rings. The molecule has 0 aromatic heterocycles. The number of rotatable bonds is 3. The molecule has 0 spiro atoms. The van der Waals surface area contributed by atoms with Crippen LogP contribution in [0.5, 0.6) is 0 Å². The van der Waals surface area contributed by atoms with Gasteiger partial charge in [0.2, 0.25) is 0 Å². The van der Waals surface area contributed by atoms with Gasteiger partial charge in [-0.2, -0.15) is 5.26 Å². The van der Waals surface area contributed by atoms with Crippen molar-refractivity contribution in [3.05, 3.63) is 59.4 Å². The fraction of sp³-hybridized carbons (Fsp3) is 0.133. The molecule has 2 rings (SSSR count). The summed E-state index contributed by atoms with van der Waals surface area (Å²) in [5, 5.41) is 18.2. The zero-order valence-electron chi connectivity index (χ0n) is 10.5. The number of benzene rings is 2. The molecule has 96 valence electrons. The average Bonchev–Trinajstić information content (AvgIpc) is 2.45. The van der Waals surface area contributed by atoms with Gasteiger partial charge in [0.05, 0.1) is 17.9 Å².